The van der Waals surface area contributed by atoms with Crippen molar-refractivity contribution in [3.63, 3.8) is 0 Å². The highest BCUT2D eigenvalue weighted by Gasteiger charge is 2.19. The van der Waals surface area contributed by atoms with E-state index in [2.05, 4.69) is 22.2 Å². The Kier molecular flexibility index (Phi) is 7.74. The zero-order valence-electron chi connectivity index (χ0n) is 22.9. The molecule has 0 spiro atoms. The Labute approximate surface area is 230 Å². The first-order chi connectivity index (χ1) is 19.4. The molecule has 11 nitrogen and oxygen atoms in total. The summed E-state index contributed by atoms with van der Waals surface area (Å²) in [6.45, 7) is 6.11. The van der Waals surface area contributed by atoms with Gasteiger partial charge in [0.25, 0.3) is 11.5 Å². The van der Waals surface area contributed by atoms with E-state index in [4.69, 9.17) is 19.7 Å². The van der Waals surface area contributed by atoms with Crippen LogP contribution in [-0.4, -0.2) is 55.6 Å². The number of aromatic amines is 1. The fourth-order valence-corrected chi connectivity index (χ4v) is 4.59. The van der Waals surface area contributed by atoms with Gasteiger partial charge < -0.3 is 19.8 Å². The van der Waals surface area contributed by atoms with E-state index in [1.54, 1.807) is 15.3 Å². The Hall–Kier alpha value is -4.77. The number of rotatable bonds is 10. The topological polar surface area (TPSA) is 128 Å². The minimum absolute atomic E-state index is 0.0856. The average Bonchev–Trinajstić information content (AvgIpc) is 3.50. The van der Waals surface area contributed by atoms with E-state index in [9.17, 15) is 9.59 Å². The highest BCUT2D eigenvalue weighted by molar-refractivity contribution is 5.92. The summed E-state index contributed by atoms with van der Waals surface area (Å²) < 4.78 is 14.2. The van der Waals surface area contributed by atoms with Gasteiger partial charge in [0, 0.05) is 25.2 Å². The SMILES string of the molecule is CCCc1nc(C)c2c(=O)[nH]c(-c3cc(-c4cc(NC(=O)COC)n(-c5ccccc5)n4)ccc3OCC)nn12. The highest BCUT2D eigenvalue weighted by Crippen LogP contribution is 2.33. The Bertz CT molecular complexity index is 1720. The first-order valence-electron chi connectivity index (χ1n) is 13.1. The molecule has 0 atom stereocenters. The number of hydrogen-bond acceptors (Lipinski definition) is 7. The second-order valence-corrected chi connectivity index (χ2v) is 9.21. The monoisotopic (exact) mass is 541 g/mol. The normalized spacial score (nSPS) is 11.2. The van der Waals surface area contributed by atoms with Crippen LogP contribution >= 0.6 is 0 Å². The molecular formula is C29H31N7O4. The molecule has 206 valence electrons. The number of carbonyl (C=O) groups is 1. The van der Waals surface area contributed by atoms with Crippen molar-refractivity contribution in [2.24, 2.45) is 0 Å². The molecule has 0 unspecified atom stereocenters. The van der Waals surface area contributed by atoms with Crippen LogP contribution in [0.5, 0.6) is 5.75 Å². The van der Waals surface area contributed by atoms with Gasteiger partial charge in [0.15, 0.2) is 11.3 Å². The van der Waals surface area contributed by atoms with Crippen molar-refractivity contribution < 1.29 is 14.3 Å². The van der Waals surface area contributed by atoms with E-state index < -0.39 is 0 Å². The van der Waals surface area contributed by atoms with E-state index >= 15 is 0 Å². The number of H-pyrrole nitrogens is 1. The molecule has 0 aliphatic rings. The number of nitrogens with zero attached hydrogens (tertiary/aromatic N) is 5. The Balaban J connectivity index is 1.65. The molecule has 40 heavy (non-hydrogen) atoms. The number of hydrogen-bond donors (Lipinski definition) is 2. The van der Waals surface area contributed by atoms with E-state index in [-0.39, 0.29) is 18.1 Å². The number of imidazole rings is 1. The summed E-state index contributed by atoms with van der Waals surface area (Å²) in [4.78, 5) is 33.0. The fourth-order valence-electron chi connectivity index (χ4n) is 4.59. The van der Waals surface area contributed by atoms with Gasteiger partial charge in [-0.05, 0) is 50.6 Å². The molecule has 0 saturated carbocycles. The smallest absolute Gasteiger partial charge is 0.277 e. The van der Waals surface area contributed by atoms with Crippen molar-refractivity contribution in [2.75, 3.05) is 25.6 Å². The molecule has 2 N–H and O–H groups in total. The molecule has 1 amide bonds. The number of nitrogens with one attached hydrogen (secondary N) is 2. The Morgan fingerprint density at radius 3 is 2.60 bits per heavy atom. The standard InChI is InChI=1S/C29H31N7O4/c1-5-10-24-30-18(3)27-29(38)32-28(34-36(24)27)21-15-19(13-14-23(21)40-6-2)22-16-25(31-26(37)17-39-4)35(33-22)20-11-8-7-9-12-20/h7-9,11-16H,5-6,10,17H2,1-4H3,(H,31,37)(H,32,34,38). The molecule has 5 rings (SSSR count). The lowest BCUT2D eigenvalue weighted by molar-refractivity contribution is -0.119. The Morgan fingerprint density at radius 1 is 1.07 bits per heavy atom. The van der Waals surface area contributed by atoms with Gasteiger partial charge in [-0.25, -0.2) is 14.2 Å². The third-order valence-corrected chi connectivity index (χ3v) is 6.30. The predicted octanol–water partition coefficient (Wildman–Crippen LogP) is 4.18. The predicted molar refractivity (Wildman–Crippen MR) is 152 cm³/mol. The summed E-state index contributed by atoms with van der Waals surface area (Å²) in [7, 11) is 1.47. The van der Waals surface area contributed by atoms with Gasteiger partial charge >= 0.3 is 0 Å². The third kappa shape index (κ3) is 5.23. The van der Waals surface area contributed by atoms with Crippen molar-refractivity contribution in [2.45, 2.75) is 33.6 Å². The quantitative estimate of drug-likeness (QED) is 0.271. The van der Waals surface area contributed by atoms with Gasteiger partial charge in [-0.3, -0.25) is 9.59 Å². The van der Waals surface area contributed by atoms with Gasteiger partial charge in [0.1, 0.15) is 24.0 Å². The molecular weight excluding hydrogens is 510 g/mol. The van der Waals surface area contributed by atoms with Crippen molar-refractivity contribution in [1.82, 2.24) is 29.4 Å². The molecule has 11 heteroatoms. The number of methoxy groups -OCH3 is 1. The maximum atomic E-state index is 13.1. The van der Waals surface area contributed by atoms with Crippen LogP contribution in [-0.2, 0) is 16.0 Å². The van der Waals surface area contributed by atoms with Crippen LogP contribution in [0.3, 0.4) is 0 Å². The van der Waals surface area contributed by atoms with Crippen LogP contribution < -0.4 is 15.6 Å². The van der Waals surface area contributed by atoms with Crippen LogP contribution in [0.4, 0.5) is 5.82 Å². The fraction of sp³-hybridized carbons (Fsp3) is 0.276. The molecule has 0 aliphatic carbocycles. The highest BCUT2D eigenvalue weighted by atomic mass is 16.5. The van der Waals surface area contributed by atoms with E-state index in [0.29, 0.717) is 52.9 Å². The van der Waals surface area contributed by atoms with Gasteiger partial charge in [-0.2, -0.15) is 5.10 Å². The lowest BCUT2D eigenvalue weighted by Crippen LogP contribution is -2.19. The van der Waals surface area contributed by atoms with E-state index in [1.807, 2.05) is 62.4 Å². The van der Waals surface area contributed by atoms with Crippen molar-refractivity contribution in [1.29, 1.82) is 0 Å². The minimum Gasteiger partial charge on any atom is -0.493 e. The number of fused-ring (bicyclic) bond motifs is 1. The number of anilines is 1. The van der Waals surface area contributed by atoms with Crippen LogP contribution in [0.15, 0.2) is 59.4 Å². The van der Waals surface area contributed by atoms with Crippen molar-refractivity contribution in [3.8, 4) is 34.1 Å². The van der Waals surface area contributed by atoms with E-state index in [1.165, 1.54) is 7.11 Å². The Morgan fingerprint density at radius 2 is 1.88 bits per heavy atom. The van der Waals surface area contributed by atoms with Crippen LogP contribution in [0.2, 0.25) is 0 Å². The van der Waals surface area contributed by atoms with Crippen molar-refractivity contribution in [3.05, 3.63) is 76.5 Å². The summed E-state index contributed by atoms with van der Waals surface area (Å²) >= 11 is 0. The first kappa shape index (κ1) is 26.8. The van der Waals surface area contributed by atoms with Gasteiger partial charge in [-0.15, -0.1) is 5.10 Å². The number of aromatic nitrogens is 6. The minimum atomic E-state index is -0.299. The lowest BCUT2D eigenvalue weighted by Gasteiger charge is -2.12. The molecule has 0 saturated heterocycles. The third-order valence-electron chi connectivity index (χ3n) is 6.30. The zero-order chi connectivity index (χ0) is 28.2. The number of aryl methyl sites for hydroxylation is 2. The number of ether oxygens (including phenoxy) is 2. The number of amides is 1. The summed E-state index contributed by atoms with van der Waals surface area (Å²) in [6, 6.07) is 16.9. The summed E-state index contributed by atoms with van der Waals surface area (Å²) in [5, 5.41) is 12.4. The van der Waals surface area contributed by atoms with Gasteiger partial charge in [0.05, 0.1) is 29.2 Å². The maximum absolute atomic E-state index is 13.1. The summed E-state index contributed by atoms with van der Waals surface area (Å²) in [6.07, 6.45) is 1.56. The summed E-state index contributed by atoms with van der Waals surface area (Å²) in [5.74, 6) is 1.85. The van der Waals surface area contributed by atoms with Crippen LogP contribution in [0.1, 0.15) is 31.8 Å². The molecule has 0 fully saturated rings. The summed E-state index contributed by atoms with van der Waals surface area (Å²) in [5.41, 5.74) is 3.52. The van der Waals surface area contributed by atoms with E-state index in [0.717, 1.165) is 23.5 Å². The number of benzene rings is 2. The molecule has 2 aromatic carbocycles. The number of para-hydroxylation sites is 1. The molecule has 5 aromatic rings. The van der Waals surface area contributed by atoms with Gasteiger partial charge in [0.2, 0.25) is 0 Å². The van der Waals surface area contributed by atoms with Gasteiger partial charge in [-0.1, -0.05) is 25.1 Å². The number of carbonyl (C=O) groups excluding carboxylic acids is 1. The second kappa shape index (κ2) is 11.5. The lowest BCUT2D eigenvalue weighted by atomic mass is 10.1. The molecule has 0 aliphatic heterocycles. The average molecular weight is 542 g/mol. The van der Waals surface area contributed by atoms with Crippen molar-refractivity contribution >= 4 is 17.2 Å². The van der Waals surface area contributed by atoms with Crippen LogP contribution in [0, 0.1) is 6.92 Å². The zero-order valence-corrected chi connectivity index (χ0v) is 22.9. The molecule has 3 heterocycles. The second-order valence-electron chi connectivity index (χ2n) is 9.21. The first-order valence-corrected chi connectivity index (χ1v) is 13.1. The molecule has 0 bridgehead atoms. The van der Waals surface area contributed by atoms with Crippen LogP contribution in [0.25, 0.3) is 33.8 Å². The molecule has 3 aromatic heterocycles. The molecule has 0 radical (unpaired) electrons. The maximum Gasteiger partial charge on any atom is 0.277 e. The largest absolute Gasteiger partial charge is 0.493 e.